The van der Waals surface area contributed by atoms with E-state index in [-0.39, 0.29) is 5.88 Å². The van der Waals surface area contributed by atoms with E-state index in [1.807, 2.05) is 25.1 Å². The first-order valence-electron chi connectivity index (χ1n) is 11.0. The van der Waals surface area contributed by atoms with Crippen LogP contribution < -0.4 is 13.9 Å². The molecule has 0 fully saturated rings. The van der Waals surface area contributed by atoms with Crippen LogP contribution in [0, 0.1) is 0 Å². The number of nitrogens with zero attached hydrogens (tertiary/aromatic N) is 1. The number of ether oxygens (including phenoxy) is 1. The molecule has 3 aromatic rings. The summed E-state index contributed by atoms with van der Waals surface area (Å²) in [5, 5.41) is 1.61. The molecule has 4 rings (SSSR count). The number of carbonyl (C=O) groups is 1. The number of amides is 1. The third-order valence-electron chi connectivity index (χ3n) is 4.51. The van der Waals surface area contributed by atoms with Crippen LogP contribution in [0.3, 0.4) is 0 Å². The minimum absolute atomic E-state index is 0.00704. The minimum atomic E-state index is -4.30. The van der Waals surface area contributed by atoms with E-state index >= 15 is 0 Å². The Labute approximate surface area is 213 Å². The maximum absolute atomic E-state index is 14.0. The number of thiophene rings is 1. The lowest BCUT2D eigenvalue weighted by Gasteiger charge is -2.31. The van der Waals surface area contributed by atoms with Gasteiger partial charge in [-0.25, -0.2) is 9.69 Å². The number of para-hydroxylation sites is 2. The molecular weight excluding hydrogens is 505 g/mol. The zero-order valence-corrected chi connectivity index (χ0v) is 22.3. The zero-order valence-electron chi connectivity index (χ0n) is 19.8. The van der Waals surface area contributed by atoms with Gasteiger partial charge in [-0.05, 0) is 57.5 Å². The summed E-state index contributed by atoms with van der Waals surface area (Å²) in [5.41, 5.74) is -0.143. The fourth-order valence-corrected chi connectivity index (χ4v) is 6.46. The zero-order chi connectivity index (χ0) is 25.1. The molecule has 0 atom stereocenters. The molecular formula is C25H26NO6PS2. The van der Waals surface area contributed by atoms with E-state index in [0.717, 1.165) is 15.5 Å². The first-order chi connectivity index (χ1) is 16.7. The number of thioether (sulfide) groups is 1. The number of fused-ring (bicyclic) bond motifs is 1. The molecule has 7 nitrogen and oxygen atoms in total. The van der Waals surface area contributed by atoms with Crippen molar-refractivity contribution in [1.82, 2.24) is 0 Å². The molecule has 0 aliphatic carbocycles. The van der Waals surface area contributed by atoms with Crippen molar-refractivity contribution in [2.45, 2.75) is 43.9 Å². The fourth-order valence-electron chi connectivity index (χ4n) is 3.05. The van der Waals surface area contributed by atoms with Gasteiger partial charge in [-0.2, -0.15) is 4.57 Å². The lowest BCUT2D eigenvalue weighted by Crippen LogP contribution is -2.37. The Morgan fingerprint density at radius 3 is 2.03 bits per heavy atom. The van der Waals surface area contributed by atoms with Crippen molar-refractivity contribution in [2.24, 2.45) is 0 Å². The molecule has 35 heavy (non-hydrogen) atoms. The Kier molecular flexibility index (Phi) is 7.50. The predicted molar refractivity (Wildman–Crippen MR) is 139 cm³/mol. The van der Waals surface area contributed by atoms with Crippen molar-refractivity contribution in [3.8, 4) is 11.5 Å². The number of aryl methyl sites for hydroxylation is 1. The molecule has 0 spiro atoms. The Morgan fingerprint density at radius 1 is 0.943 bits per heavy atom. The number of rotatable bonds is 7. The van der Waals surface area contributed by atoms with E-state index in [4.69, 9.17) is 18.3 Å². The Morgan fingerprint density at radius 2 is 1.51 bits per heavy atom. The van der Waals surface area contributed by atoms with Crippen LogP contribution in [0.5, 0.6) is 11.5 Å². The third-order valence-corrected chi connectivity index (χ3v) is 8.13. The predicted octanol–water partition coefficient (Wildman–Crippen LogP) is 8.24. The van der Waals surface area contributed by atoms with Crippen molar-refractivity contribution >= 4 is 42.7 Å². The van der Waals surface area contributed by atoms with Gasteiger partial charge < -0.3 is 18.3 Å². The molecule has 0 bridgehead atoms. The molecule has 0 N–H and O–H groups in total. The number of phosphoric acid groups is 1. The van der Waals surface area contributed by atoms with Crippen LogP contribution in [0.1, 0.15) is 32.6 Å². The van der Waals surface area contributed by atoms with Gasteiger partial charge in [0.15, 0.2) is 0 Å². The van der Waals surface area contributed by atoms with Gasteiger partial charge in [-0.3, -0.25) is 0 Å². The maximum Gasteiger partial charge on any atom is 0.648 e. The number of hydrogen-bond donors (Lipinski definition) is 0. The van der Waals surface area contributed by atoms with Crippen LogP contribution in [-0.2, 0) is 20.2 Å². The van der Waals surface area contributed by atoms with E-state index in [1.165, 1.54) is 16.7 Å². The third kappa shape index (κ3) is 6.42. The monoisotopic (exact) mass is 531 g/mol. The van der Waals surface area contributed by atoms with Crippen LogP contribution >= 0.6 is 30.9 Å². The molecule has 0 radical (unpaired) electrons. The van der Waals surface area contributed by atoms with Gasteiger partial charge in [-0.15, -0.1) is 11.3 Å². The molecule has 1 aliphatic rings. The summed E-state index contributed by atoms with van der Waals surface area (Å²) in [6.07, 6.45) is 0.153. The van der Waals surface area contributed by atoms with Gasteiger partial charge in [-0.1, -0.05) is 55.1 Å². The lowest BCUT2D eigenvalue weighted by molar-refractivity contribution is 0.0575. The SMILES string of the molecule is CCc1cc2c(s1)SC=C(OP(=O)(Oc1ccccc1)Oc1ccccc1)N2C(=O)OC(C)(C)C. The van der Waals surface area contributed by atoms with Crippen molar-refractivity contribution < 1.29 is 27.7 Å². The first kappa shape index (κ1) is 25.2. The summed E-state index contributed by atoms with van der Waals surface area (Å²) in [7, 11) is -4.30. The van der Waals surface area contributed by atoms with Gasteiger partial charge in [0.25, 0.3) is 0 Å². The van der Waals surface area contributed by atoms with Crippen LogP contribution in [0.2, 0.25) is 0 Å². The quantitative estimate of drug-likeness (QED) is 0.284. The maximum atomic E-state index is 14.0. The second-order valence-electron chi connectivity index (χ2n) is 8.48. The molecule has 184 valence electrons. The summed E-state index contributed by atoms with van der Waals surface area (Å²) in [4.78, 5) is 15.7. The average molecular weight is 532 g/mol. The van der Waals surface area contributed by atoms with Crippen molar-refractivity contribution in [1.29, 1.82) is 0 Å². The summed E-state index contributed by atoms with van der Waals surface area (Å²) >= 11 is 2.96. The van der Waals surface area contributed by atoms with Crippen molar-refractivity contribution in [3.63, 3.8) is 0 Å². The Balaban J connectivity index is 1.70. The molecule has 1 aliphatic heterocycles. The molecule has 0 saturated heterocycles. The Bertz CT molecular complexity index is 1210. The van der Waals surface area contributed by atoms with Crippen molar-refractivity contribution in [2.75, 3.05) is 4.90 Å². The normalized spacial score (nSPS) is 13.5. The smallest absolute Gasteiger partial charge is 0.443 e. The van der Waals surface area contributed by atoms with Gasteiger partial charge in [0.1, 0.15) is 17.1 Å². The highest BCUT2D eigenvalue weighted by atomic mass is 32.2. The molecule has 1 amide bonds. The highest BCUT2D eigenvalue weighted by Gasteiger charge is 2.41. The minimum Gasteiger partial charge on any atom is -0.443 e. The summed E-state index contributed by atoms with van der Waals surface area (Å²) in [6.45, 7) is 7.38. The van der Waals surface area contributed by atoms with E-state index in [1.54, 1.807) is 86.0 Å². The second kappa shape index (κ2) is 10.4. The average Bonchev–Trinajstić information content (AvgIpc) is 3.22. The van der Waals surface area contributed by atoms with Crippen LogP contribution in [0.4, 0.5) is 10.5 Å². The lowest BCUT2D eigenvalue weighted by atomic mass is 10.2. The van der Waals surface area contributed by atoms with E-state index in [0.29, 0.717) is 17.2 Å². The van der Waals surface area contributed by atoms with E-state index < -0.39 is 19.5 Å². The fraction of sp³-hybridized carbons (Fsp3) is 0.240. The largest absolute Gasteiger partial charge is 0.648 e. The summed E-state index contributed by atoms with van der Waals surface area (Å²) < 4.78 is 37.9. The van der Waals surface area contributed by atoms with E-state index in [9.17, 15) is 9.36 Å². The number of anilines is 1. The summed E-state index contributed by atoms with van der Waals surface area (Å²) in [5.74, 6) is 0.584. The number of benzene rings is 2. The molecule has 0 saturated carbocycles. The topological polar surface area (TPSA) is 74.3 Å². The molecule has 1 aromatic heterocycles. The van der Waals surface area contributed by atoms with Gasteiger partial charge in [0.05, 0.1) is 9.90 Å². The van der Waals surface area contributed by atoms with Gasteiger partial charge >= 0.3 is 13.9 Å². The van der Waals surface area contributed by atoms with Crippen LogP contribution in [0.25, 0.3) is 0 Å². The molecule has 10 heteroatoms. The van der Waals surface area contributed by atoms with Gasteiger partial charge in [0.2, 0.25) is 5.88 Å². The number of phosphoric ester groups is 1. The Hall–Kier alpha value is -2.87. The number of carbonyl (C=O) groups excluding carboxylic acids is 1. The van der Waals surface area contributed by atoms with Crippen molar-refractivity contribution in [3.05, 3.63) is 82.9 Å². The molecule has 0 unspecified atom stereocenters. The molecule has 2 heterocycles. The standard InChI is InChI=1S/C25H26NO6PS2/c1-5-20-16-21-23(35-20)34-17-22(26(21)24(27)29-25(2,3)4)32-33(28,30-18-12-8-6-9-13-18)31-19-14-10-7-11-15-19/h6-17H,5H2,1-4H3. The van der Waals surface area contributed by atoms with Gasteiger partial charge in [0, 0.05) is 10.3 Å². The highest BCUT2D eigenvalue weighted by molar-refractivity contribution is 8.04. The van der Waals surface area contributed by atoms with Crippen LogP contribution in [-0.4, -0.2) is 11.7 Å². The van der Waals surface area contributed by atoms with Crippen LogP contribution in [0.15, 0.2) is 82.2 Å². The number of hydrogen-bond acceptors (Lipinski definition) is 8. The van der Waals surface area contributed by atoms with E-state index in [2.05, 4.69) is 0 Å². The first-order valence-corrected chi connectivity index (χ1v) is 14.1. The highest BCUT2D eigenvalue weighted by Crippen LogP contribution is 2.54. The molecule has 2 aromatic carbocycles. The second-order valence-corrected chi connectivity index (χ2v) is 12.2. The summed E-state index contributed by atoms with van der Waals surface area (Å²) in [6, 6.07) is 19.1.